The highest BCUT2D eigenvalue weighted by molar-refractivity contribution is 6.17. The van der Waals surface area contributed by atoms with E-state index >= 15 is 0 Å². The van der Waals surface area contributed by atoms with E-state index in [9.17, 15) is 9.59 Å². The summed E-state index contributed by atoms with van der Waals surface area (Å²) in [6, 6.07) is 0. The van der Waals surface area contributed by atoms with Crippen LogP contribution >= 0.6 is 11.6 Å². The SMILES string of the molecule is CNC(=O)C(C)CN(C)C(=O)CCCCCl. The Morgan fingerprint density at radius 1 is 1.38 bits per heavy atom. The van der Waals surface area contributed by atoms with Crippen LogP contribution in [0.2, 0.25) is 0 Å². The van der Waals surface area contributed by atoms with Crippen LogP contribution in [0.25, 0.3) is 0 Å². The van der Waals surface area contributed by atoms with Gasteiger partial charge in [0.25, 0.3) is 0 Å². The van der Waals surface area contributed by atoms with E-state index < -0.39 is 0 Å². The number of nitrogens with zero attached hydrogens (tertiary/aromatic N) is 1. The number of alkyl halides is 1. The molecule has 4 nitrogen and oxygen atoms in total. The van der Waals surface area contributed by atoms with Gasteiger partial charge in [0, 0.05) is 32.9 Å². The third-order valence-electron chi connectivity index (χ3n) is 2.44. The van der Waals surface area contributed by atoms with Gasteiger partial charge in [-0.1, -0.05) is 6.92 Å². The van der Waals surface area contributed by atoms with Gasteiger partial charge in [0.2, 0.25) is 11.8 Å². The third kappa shape index (κ3) is 5.95. The van der Waals surface area contributed by atoms with Gasteiger partial charge in [-0.05, 0) is 12.8 Å². The van der Waals surface area contributed by atoms with E-state index in [1.54, 1.807) is 25.9 Å². The summed E-state index contributed by atoms with van der Waals surface area (Å²) in [6.07, 6.45) is 2.16. The predicted molar refractivity (Wildman–Crippen MR) is 65.4 cm³/mol. The van der Waals surface area contributed by atoms with E-state index in [4.69, 9.17) is 11.6 Å². The van der Waals surface area contributed by atoms with Crippen molar-refractivity contribution in [2.75, 3.05) is 26.5 Å². The molecule has 0 aliphatic rings. The molecule has 0 aromatic rings. The Kier molecular flexibility index (Phi) is 7.99. The van der Waals surface area contributed by atoms with Crippen molar-refractivity contribution in [1.82, 2.24) is 10.2 Å². The van der Waals surface area contributed by atoms with E-state index in [0.29, 0.717) is 18.8 Å². The summed E-state index contributed by atoms with van der Waals surface area (Å²) < 4.78 is 0. The van der Waals surface area contributed by atoms with Crippen LogP contribution < -0.4 is 5.32 Å². The van der Waals surface area contributed by atoms with Gasteiger partial charge in [-0.25, -0.2) is 0 Å². The zero-order valence-corrected chi connectivity index (χ0v) is 11.0. The Morgan fingerprint density at radius 2 is 2.00 bits per heavy atom. The van der Waals surface area contributed by atoms with E-state index in [1.165, 1.54) is 0 Å². The molecule has 5 heteroatoms. The van der Waals surface area contributed by atoms with Crippen LogP contribution in [0.3, 0.4) is 0 Å². The second-order valence-corrected chi connectivity index (χ2v) is 4.31. The smallest absolute Gasteiger partial charge is 0.224 e. The molecule has 0 bridgehead atoms. The van der Waals surface area contributed by atoms with Crippen LogP contribution in [-0.2, 0) is 9.59 Å². The molecule has 1 N–H and O–H groups in total. The molecular weight excluding hydrogens is 228 g/mol. The number of nitrogens with one attached hydrogen (secondary N) is 1. The monoisotopic (exact) mass is 248 g/mol. The lowest BCUT2D eigenvalue weighted by Crippen LogP contribution is -2.37. The average Bonchev–Trinajstić information content (AvgIpc) is 2.27. The summed E-state index contributed by atoms with van der Waals surface area (Å²) in [7, 11) is 3.32. The number of halogens is 1. The number of amides is 2. The van der Waals surface area contributed by atoms with Gasteiger partial charge in [-0.3, -0.25) is 9.59 Å². The lowest BCUT2D eigenvalue weighted by molar-refractivity contribution is -0.132. The van der Waals surface area contributed by atoms with Gasteiger partial charge < -0.3 is 10.2 Å². The molecule has 0 radical (unpaired) electrons. The first-order valence-electron chi connectivity index (χ1n) is 5.54. The summed E-state index contributed by atoms with van der Waals surface area (Å²) in [5, 5.41) is 2.57. The predicted octanol–water partition coefficient (Wildman–Crippen LogP) is 1.24. The van der Waals surface area contributed by atoms with Crippen molar-refractivity contribution in [3.05, 3.63) is 0 Å². The molecule has 0 fully saturated rings. The van der Waals surface area contributed by atoms with Gasteiger partial charge in [0.15, 0.2) is 0 Å². The van der Waals surface area contributed by atoms with Crippen molar-refractivity contribution in [1.29, 1.82) is 0 Å². The quantitative estimate of drug-likeness (QED) is 0.544. The second kappa shape index (κ2) is 8.39. The van der Waals surface area contributed by atoms with E-state index in [1.807, 2.05) is 0 Å². The summed E-state index contributed by atoms with van der Waals surface area (Å²) in [6.45, 7) is 2.26. The zero-order chi connectivity index (χ0) is 12.6. The fraction of sp³-hybridized carbons (Fsp3) is 0.818. The molecule has 0 aromatic heterocycles. The first kappa shape index (κ1) is 15.2. The molecule has 94 valence electrons. The topological polar surface area (TPSA) is 49.4 Å². The fourth-order valence-electron chi connectivity index (χ4n) is 1.40. The Bertz CT molecular complexity index is 234. The first-order chi connectivity index (χ1) is 7.52. The zero-order valence-electron chi connectivity index (χ0n) is 10.3. The first-order valence-corrected chi connectivity index (χ1v) is 6.07. The summed E-state index contributed by atoms with van der Waals surface area (Å²) in [4.78, 5) is 24.5. The molecule has 16 heavy (non-hydrogen) atoms. The summed E-state index contributed by atoms with van der Waals surface area (Å²) in [5.41, 5.74) is 0. The number of hydrogen-bond acceptors (Lipinski definition) is 2. The minimum atomic E-state index is -0.174. The average molecular weight is 249 g/mol. The van der Waals surface area contributed by atoms with E-state index in [-0.39, 0.29) is 17.7 Å². The van der Waals surface area contributed by atoms with Crippen molar-refractivity contribution in [3.8, 4) is 0 Å². The van der Waals surface area contributed by atoms with Crippen molar-refractivity contribution in [3.63, 3.8) is 0 Å². The highest BCUT2D eigenvalue weighted by Crippen LogP contribution is 2.04. The Balaban J connectivity index is 3.90. The van der Waals surface area contributed by atoms with Crippen molar-refractivity contribution < 1.29 is 9.59 Å². The fourth-order valence-corrected chi connectivity index (χ4v) is 1.59. The molecule has 0 spiro atoms. The maximum absolute atomic E-state index is 11.6. The van der Waals surface area contributed by atoms with Gasteiger partial charge in [-0.2, -0.15) is 0 Å². The maximum atomic E-state index is 11.6. The summed E-state index contributed by atoms with van der Waals surface area (Å²) >= 11 is 5.53. The van der Waals surface area contributed by atoms with Gasteiger partial charge in [0.1, 0.15) is 0 Å². The van der Waals surface area contributed by atoms with Crippen LogP contribution in [-0.4, -0.2) is 43.2 Å². The second-order valence-electron chi connectivity index (χ2n) is 3.94. The van der Waals surface area contributed by atoms with Crippen molar-refractivity contribution >= 4 is 23.4 Å². The minimum Gasteiger partial charge on any atom is -0.359 e. The Labute approximate surface area is 102 Å². The van der Waals surface area contributed by atoms with Crippen molar-refractivity contribution in [2.24, 2.45) is 5.92 Å². The Morgan fingerprint density at radius 3 is 2.50 bits per heavy atom. The van der Waals surface area contributed by atoms with Crippen LogP contribution in [0.1, 0.15) is 26.2 Å². The Hall–Kier alpha value is -0.770. The lowest BCUT2D eigenvalue weighted by atomic mass is 10.1. The largest absolute Gasteiger partial charge is 0.359 e. The molecule has 0 saturated heterocycles. The minimum absolute atomic E-state index is 0.0413. The number of carbonyl (C=O) groups is 2. The van der Waals surface area contributed by atoms with Gasteiger partial charge >= 0.3 is 0 Å². The highest BCUT2D eigenvalue weighted by Gasteiger charge is 2.16. The molecule has 0 aliphatic carbocycles. The van der Waals surface area contributed by atoms with Gasteiger partial charge in [-0.15, -0.1) is 11.6 Å². The highest BCUT2D eigenvalue weighted by atomic mass is 35.5. The van der Waals surface area contributed by atoms with Crippen LogP contribution in [0.15, 0.2) is 0 Å². The number of carbonyl (C=O) groups excluding carboxylic acids is 2. The van der Waals surface area contributed by atoms with Crippen LogP contribution in [0.5, 0.6) is 0 Å². The van der Waals surface area contributed by atoms with Crippen LogP contribution in [0, 0.1) is 5.92 Å². The molecule has 2 amide bonds. The lowest BCUT2D eigenvalue weighted by Gasteiger charge is -2.20. The van der Waals surface area contributed by atoms with E-state index in [0.717, 1.165) is 12.8 Å². The normalized spacial score (nSPS) is 12.0. The molecule has 0 aromatic carbocycles. The number of rotatable bonds is 7. The standard InChI is InChI=1S/C11H21ClN2O2/c1-9(11(16)13-2)8-14(3)10(15)6-4-5-7-12/h9H,4-8H2,1-3H3,(H,13,16). The molecule has 0 aliphatic heterocycles. The summed E-state index contributed by atoms with van der Waals surface area (Å²) in [5.74, 6) is 0.444. The number of hydrogen-bond donors (Lipinski definition) is 1. The van der Waals surface area contributed by atoms with E-state index in [2.05, 4.69) is 5.32 Å². The van der Waals surface area contributed by atoms with Crippen molar-refractivity contribution in [2.45, 2.75) is 26.2 Å². The third-order valence-corrected chi connectivity index (χ3v) is 2.71. The molecule has 0 saturated carbocycles. The molecule has 1 atom stereocenters. The molecule has 1 unspecified atom stereocenters. The molecule has 0 heterocycles. The molecule has 0 rings (SSSR count). The van der Waals surface area contributed by atoms with Gasteiger partial charge in [0.05, 0.1) is 5.92 Å². The number of unbranched alkanes of at least 4 members (excludes halogenated alkanes) is 1. The maximum Gasteiger partial charge on any atom is 0.224 e. The van der Waals surface area contributed by atoms with Crippen LogP contribution in [0.4, 0.5) is 0 Å². The molecular formula is C11H21ClN2O2.